The number of methoxy groups -OCH3 is 3. The molecule has 5 aromatic carbocycles. The van der Waals surface area contributed by atoms with Crippen LogP contribution >= 0.6 is 0 Å². The molecule has 0 unspecified atom stereocenters. The summed E-state index contributed by atoms with van der Waals surface area (Å²) in [6.45, 7) is 14.7. The predicted octanol–water partition coefficient (Wildman–Crippen LogP) is 13.5. The second-order valence-electron chi connectivity index (χ2n) is 20.9. The molecule has 0 radical (unpaired) electrons. The van der Waals surface area contributed by atoms with Crippen molar-refractivity contribution in [2.45, 2.75) is 103 Å². The highest BCUT2D eigenvalue weighted by molar-refractivity contribution is 7.85. The molecule has 12 heteroatoms. The van der Waals surface area contributed by atoms with Gasteiger partial charge in [0, 0.05) is 71.2 Å². The summed E-state index contributed by atoms with van der Waals surface area (Å²) < 4.78 is 59.6. The first-order valence-corrected chi connectivity index (χ1v) is 27.8. The molecule has 0 aromatic heterocycles. The summed E-state index contributed by atoms with van der Waals surface area (Å²) in [5.74, 6) is 1.87. The Labute approximate surface area is 445 Å². The summed E-state index contributed by atoms with van der Waals surface area (Å²) in [4.78, 5) is 19.6. The molecule has 11 nitrogen and oxygen atoms in total. The minimum Gasteiger partial charge on any atom is -0.497 e. The van der Waals surface area contributed by atoms with E-state index in [0.29, 0.717) is 43.7 Å². The summed E-state index contributed by atoms with van der Waals surface area (Å²) in [7, 11) is 2.68. The van der Waals surface area contributed by atoms with Crippen LogP contribution in [0.25, 0.3) is 0 Å². The van der Waals surface area contributed by atoms with Gasteiger partial charge in [0.25, 0.3) is 10.1 Å². The molecule has 1 N–H and O–H groups in total. The Hall–Kier alpha value is -6.89. The van der Waals surface area contributed by atoms with Gasteiger partial charge in [-0.25, -0.2) is 4.79 Å². The summed E-state index contributed by atoms with van der Waals surface area (Å²) >= 11 is 0. The monoisotopic (exact) mass is 1030 g/mol. The highest BCUT2D eigenvalue weighted by atomic mass is 32.2. The highest BCUT2D eigenvalue weighted by Gasteiger charge is 2.46. The SMILES string of the molecule is CCCCC[N+]1=C(/C=C/C2=C(N(C)C(=O)OC(c3ccccc3)(c3ccc(OC)cc3)c3ccc(OC)cc3)C(=C/C=C3/N(CCCCS(=O)(=O)O)c4ccc(C)cc4C3(C)C)/CC2)C(C)(C)c2cc(OC)ccc21. The fourth-order valence-electron chi connectivity index (χ4n) is 11.2. The zero-order valence-corrected chi connectivity index (χ0v) is 46.2. The van der Waals surface area contributed by atoms with Crippen molar-refractivity contribution in [2.24, 2.45) is 0 Å². The first kappa shape index (κ1) is 54.4. The molecule has 3 aliphatic rings. The number of anilines is 1. The van der Waals surface area contributed by atoms with Crippen LogP contribution in [0.4, 0.5) is 16.2 Å². The van der Waals surface area contributed by atoms with Gasteiger partial charge in [-0.05, 0) is 118 Å². The number of benzene rings is 5. The van der Waals surface area contributed by atoms with Gasteiger partial charge in [0.15, 0.2) is 11.3 Å². The Morgan fingerprint density at radius 2 is 1.36 bits per heavy atom. The van der Waals surface area contributed by atoms with E-state index in [1.807, 2.05) is 84.9 Å². The third-order valence-electron chi connectivity index (χ3n) is 15.3. The maximum absolute atomic E-state index is 15.6. The van der Waals surface area contributed by atoms with Gasteiger partial charge in [0.05, 0.1) is 38.2 Å². The Morgan fingerprint density at radius 3 is 1.97 bits per heavy atom. The number of unbranched alkanes of at least 4 members (excludes halogenated alkanes) is 3. The number of carbonyl (C=O) groups excluding carboxylic acids is 1. The van der Waals surface area contributed by atoms with E-state index in [1.165, 1.54) is 22.5 Å². The van der Waals surface area contributed by atoms with Crippen LogP contribution in [0.5, 0.6) is 17.2 Å². The van der Waals surface area contributed by atoms with Crippen LogP contribution in [-0.4, -0.2) is 81.5 Å². The molecule has 1 amide bonds. The molecule has 0 saturated carbocycles. The first-order valence-electron chi connectivity index (χ1n) is 26.2. The van der Waals surface area contributed by atoms with E-state index in [-0.39, 0.29) is 11.2 Å². The van der Waals surface area contributed by atoms with E-state index in [0.717, 1.165) is 82.0 Å². The van der Waals surface area contributed by atoms with Crippen molar-refractivity contribution in [1.82, 2.24) is 4.90 Å². The molecule has 2 aliphatic heterocycles. The Kier molecular flexibility index (Phi) is 16.3. The normalized spacial score (nSPS) is 17.0. The van der Waals surface area contributed by atoms with Crippen molar-refractivity contribution in [3.05, 3.63) is 195 Å². The number of fused-ring (bicyclic) bond motifs is 2. The van der Waals surface area contributed by atoms with Crippen LogP contribution in [-0.2, 0) is 31.3 Å². The molecule has 2 heterocycles. The Morgan fingerprint density at radius 1 is 0.733 bits per heavy atom. The highest BCUT2D eigenvalue weighted by Crippen LogP contribution is 2.49. The molecule has 5 aromatic rings. The van der Waals surface area contributed by atoms with Gasteiger partial charge in [-0.15, -0.1) is 0 Å². The molecule has 0 saturated heterocycles. The Balaban J connectivity index is 1.28. The van der Waals surface area contributed by atoms with Crippen LogP contribution in [0.15, 0.2) is 162 Å². The largest absolute Gasteiger partial charge is 0.497 e. The molecule has 394 valence electrons. The van der Waals surface area contributed by atoms with Crippen LogP contribution in [0, 0.1) is 6.92 Å². The van der Waals surface area contributed by atoms with Gasteiger partial charge in [0.1, 0.15) is 23.8 Å². The topological polar surface area (TPSA) is 118 Å². The van der Waals surface area contributed by atoms with Crippen molar-refractivity contribution in [1.29, 1.82) is 0 Å². The van der Waals surface area contributed by atoms with Gasteiger partial charge >= 0.3 is 6.09 Å². The third kappa shape index (κ3) is 11.1. The van der Waals surface area contributed by atoms with Gasteiger partial charge in [-0.2, -0.15) is 13.0 Å². The van der Waals surface area contributed by atoms with E-state index in [4.69, 9.17) is 18.9 Å². The fourth-order valence-corrected chi connectivity index (χ4v) is 11.8. The molecular formula is C63H74N3O8S+. The Bertz CT molecular complexity index is 3120. The van der Waals surface area contributed by atoms with Gasteiger partial charge in [0.2, 0.25) is 5.69 Å². The quantitative estimate of drug-likeness (QED) is 0.0352. The molecule has 0 atom stereocenters. The lowest BCUT2D eigenvalue weighted by Crippen LogP contribution is -2.40. The summed E-state index contributed by atoms with van der Waals surface area (Å²) in [5.41, 5.74) is 10.8. The molecule has 0 spiro atoms. The van der Waals surface area contributed by atoms with Gasteiger partial charge < -0.3 is 23.8 Å². The molecule has 75 heavy (non-hydrogen) atoms. The summed E-state index contributed by atoms with van der Waals surface area (Å²) in [6, 6.07) is 38.0. The average molecular weight is 1030 g/mol. The third-order valence-corrected chi connectivity index (χ3v) is 16.2. The minimum absolute atomic E-state index is 0.295. The van der Waals surface area contributed by atoms with Gasteiger partial charge in [-0.1, -0.05) is 112 Å². The van der Waals surface area contributed by atoms with Crippen molar-refractivity contribution < 1.29 is 41.3 Å². The maximum Gasteiger partial charge on any atom is 0.415 e. The first-order chi connectivity index (χ1) is 35.9. The minimum atomic E-state index is -4.09. The lowest BCUT2D eigenvalue weighted by Gasteiger charge is -2.37. The second kappa shape index (κ2) is 22.5. The van der Waals surface area contributed by atoms with Crippen LogP contribution in [0.3, 0.4) is 0 Å². The van der Waals surface area contributed by atoms with E-state index >= 15 is 4.79 Å². The second-order valence-corrected chi connectivity index (χ2v) is 22.5. The number of amides is 1. The number of ether oxygens (including phenoxy) is 4. The number of nitrogens with zero attached hydrogens (tertiary/aromatic N) is 3. The van der Waals surface area contributed by atoms with Crippen molar-refractivity contribution in [2.75, 3.05) is 52.1 Å². The summed E-state index contributed by atoms with van der Waals surface area (Å²) in [6.07, 6.45) is 13.7. The fraction of sp³-hybridized carbons (Fsp3) is 0.365. The van der Waals surface area contributed by atoms with Crippen LogP contribution in [0.2, 0.25) is 0 Å². The maximum atomic E-state index is 15.6. The predicted molar refractivity (Wildman–Crippen MR) is 301 cm³/mol. The number of rotatable bonds is 20. The number of allylic oxidation sites excluding steroid dienone is 7. The number of hydrogen-bond donors (Lipinski definition) is 1. The number of likely N-dealkylation sites (N-methyl/N-ethyl adjacent to an activating group) is 1. The van der Waals surface area contributed by atoms with Crippen molar-refractivity contribution in [3.63, 3.8) is 0 Å². The lowest BCUT2D eigenvalue weighted by atomic mass is 9.80. The average Bonchev–Trinajstić information content (AvgIpc) is 3.98. The van der Waals surface area contributed by atoms with Crippen molar-refractivity contribution in [3.8, 4) is 17.2 Å². The van der Waals surface area contributed by atoms with E-state index < -0.39 is 27.2 Å². The van der Waals surface area contributed by atoms with Gasteiger partial charge in [-0.3, -0.25) is 9.45 Å². The standard InChI is InChI=1S/C63H73N3O8S/c1-11-12-16-39-65-56-36-34-52(73-10)43-54(56)62(5,6)58(65)38-25-46-23-22-45(24-37-57-61(3,4)53-42-44(2)21-35-55(53)66(57)40-17-18-41-75(68,69)70)59(46)64(7)60(67)74-63(47-19-14-13-15-20-47,48-26-30-50(71-8)31-27-48)49-28-32-51(72-9)33-29-49/h13-15,19-21,24-38,42-43H,11-12,16-18,22-23,39-41H2,1-10H3/p+1. The molecule has 0 bridgehead atoms. The van der Waals surface area contributed by atoms with E-state index in [2.05, 4.69) is 106 Å². The number of hydrogen-bond acceptors (Lipinski definition) is 8. The van der Waals surface area contributed by atoms with Crippen LogP contribution < -0.4 is 19.1 Å². The molecular weight excluding hydrogens is 959 g/mol. The number of aryl methyl sites for hydroxylation is 1. The molecule has 1 aliphatic carbocycles. The molecule has 0 fully saturated rings. The molecule has 8 rings (SSSR count). The smallest absolute Gasteiger partial charge is 0.415 e. The zero-order valence-electron chi connectivity index (χ0n) is 45.4. The van der Waals surface area contributed by atoms with E-state index in [1.54, 1.807) is 33.3 Å². The van der Waals surface area contributed by atoms with E-state index in [9.17, 15) is 13.0 Å². The van der Waals surface area contributed by atoms with Crippen molar-refractivity contribution >= 4 is 33.3 Å². The zero-order chi connectivity index (χ0) is 53.7. The number of carbonyl (C=O) groups is 1. The summed E-state index contributed by atoms with van der Waals surface area (Å²) in [5, 5.41) is 0. The van der Waals surface area contributed by atoms with Crippen LogP contribution in [0.1, 0.15) is 113 Å². The lowest BCUT2D eigenvalue weighted by molar-refractivity contribution is -0.438.